The maximum atomic E-state index is 6.02. The molecule has 1 heterocycles. The lowest BCUT2D eigenvalue weighted by molar-refractivity contribution is 0.315. The monoisotopic (exact) mass is 269 g/mol. The molecule has 1 aliphatic heterocycles. The average Bonchev–Trinajstić information content (AvgIpc) is 2.38. The Bertz CT molecular complexity index is 351. The molecule has 2 nitrogen and oxygen atoms in total. The summed E-state index contributed by atoms with van der Waals surface area (Å²) in [7, 11) is 0. The van der Waals surface area contributed by atoms with Crippen molar-refractivity contribution in [3.8, 4) is 5.75 Å². The Hall–Kier alpha value is -0.540. The van der Waals surface area contributed by atoms with Crippen LogP contribution < -0.4 is 10.5 Å². The van der Waals surface area contributed by atoms with E-state index in [4.69, 9.17) is 10.5 Å². The Kier molecular flexibility index (Phi) is 3.32. The van der Waals surface area contributed by atoms with E-state index in [1.807, 2.05) is 6.07 Å². The first-order valence-corrected chi connectivity index (χ1v) is 6.15. The van der Waals surface area contributed by atoms with Crippen molar-refractivity contribution >= 4 is 15.9 Å². The molecule has 1 aromatic carbocycles. The van der Waals surface area contributed by atoms with Gasteiger partial charge in [0.2, 0.25) is 0 Å². The van der Waals surface area contributed by atoms with Gasteiger partial charge in [-0.05, 0) is 37.5 Å². The molecule has 1 aliphatic rings. The summed E-state index contributed by atoms with van der Waals surface area (Å²) in [5.41, 5.74) is 7.28. The van der Waals surface area contributed by atoms with Crippen molar-refractivity contribution in [1.29, 1.82) is 0 Å². The maximum absolute atomic E-state index is 6.02. The number of hydrogen-bond acceptors (Lipinski definition) is 2. The van der Waals surface area contributed by atoms with Crippen molar-refractivity contribution in [1.82, 2.24) is 0 Å². The lowest BCUT2D eigenvalue weighted by Crippen LogP contribution is -2.24. The topological polar surface area (TPSA) is 35.2 Å². The minimum atomic E-state index is 0.187. The molecule has 0 radical (unpaired) electrons. The number of hydrogen-bond donors (Lipinski definition) is 1. The summed E-state index contributed by atoms with van der Waals surface area (Å²) in [5.74, 6) is 1.42. The van der Waals surface area contributed by atoms with E-state index in [2.05, 4.69) is 35.0 Å². The number of fused-ring (bicyclic) bond motifs is 1. The molecule has 0 fully saturated rings. The van der Waals surface area contributed by atoms with Gasteiger partial charge in [0, 0.05) is 16.4 Å². The van der Waals surface area contributed by atoms with Crippen LogP contribution in [-0.4, -0.2) is 12.6 Å². The highest BCUT2D eigenvalue weighted by atomic mass is 79.9. The zero-order valence-electron chi connectivity index (χ0n) is 8.87. The number of rotatable bonds is 1. The minimum Gasteiger partial charge on any atom is -0.493 e. The Labute approximate surface area is 98.9 Å². The zero-order chi connectivity index (χ0) is 10.8. The van der Waals surface area contributed by atoms with Gasteiger partial charge in [0.25, 0.3) is 0 Å². The van der Waals surface area contributed by atoms with Gasteiger partial charge in [0.1, 0.15) is 5.75 Å². The summed E-state index contributed by atoms with van der Waals surface area (Å²) in [5, 5.41) is 0. The molecule has 0 aromatic heterocycles. The SMILES string of the molecule is CC(N)C1CCCOc2cc(Br)ccc21. The fourth-order valence-electron chi connectivity index (χ4n) is 2.13. The number of nitrogens with two attached hydrogens (primary N) is 1. The van der Waals surface area contributed by atoms with E-state index in [1.54, 1.807) is 0 Å². The van der Waals surface area contributed by atoms with E-state index in [0.717, 1.165) is 29.7 Å². The molecular formula is C12H16BrNO. The maximum Gasteiger partial charge on any atom is 0.123 e. The van der Waals surface area contributed by atoms with Gasteiger partial charge in [-0.2, -0.15) is 0 Å². The summed E-state index contributed by atoms with van der Waals surface area (Å²) in [6.45, 7) is 2.87. The third-order valence-electron chi connectivity index (χ3n) is 2.93. The molecule has 0 bridgehead atoms. The summed E-state index contributed by atoms with van der Waals surface area (Å²) < 4.78 is 6.79. The highest BCUT2D eigenvalue weighted by Gasteiger charge is 2.22. The Morgan fingerprint density at radius 2 is 2.33 bits per heavy atom. The number of halogens is 1. The molecule has 2 N–H and O–H groups in total. The average molecular weight is 270 g/mol. The van der Waals surface area contributed by atoms with E-state index in [1.165, 1.54) is 5.56 Å². The van der Waals surface area contributed by atoms with Gasteiger partial charge in [-0.3, -0.25) is 0 Å². The van der Waals surface area contributed by atoms with Crippen molar-refractivity contribution in [2.75, 3.05) is 6.61 Å². The predicted molar refractivity (Wildman–Crippen MR) is 65.3 cm³/mol. The third-order valence-corrected chi connectivity index (χ3v) is 3.42. The van der Waals surface area contributed by atoms with Crippen molar-refractivity contribution < 1.29 is 4.74 Å². The molecule has 0 aliphatic carbocycles. The smallest absolute Gasteiger partial charge is 0.123 e. The van der Waals surface area contributed by atoms with Crippen LogP contribution in [0.15, 0.2) is 22.7 Å². The quantitative estimate of drug-likeness (QED) is 0.851. The lowest BCUT2D eigenvalue weighted by atomic mass is 9.89. The number of benzene rings is 1. The Balaban J connectivity index is 2.40. The van der Waals surface area contributed by atoms with Crippen LogP contribution in [0.4, 0.5) is 0 Å². The highest BCUT2D eigenvalue weighted by Crippen LogP contribution is 2.36. The summed E-state index contributed by atoms with van der Waals surface area (Å²) >= 11 is 3.46. The highest BCUT2D eigenvalue weighted by molar-refractivity contribution is 9.10. The summed E-state index contributed by atoms with van der Waals surface area (Å²) in [4.78, 5) is 0. The van der Waals surface area contributed by atoms with Gasteiger partial charge in [-0.15, -0.1) is 0 Å². The molecule has 1 aromatic rings. The molecular weight excluding hydrogens is 254 g/mol. The Morgan fingerprint density at radius 3 is 3.07 bits per heavy atom. The molecule has 2 atom stereocenters. The molecule has 0 spiro atoms. The van der Waals surface area contributed by atoms with Crippen LogP contribution in [0.3, 0.4) is 0 Å². The van der Waals surface area contributed by atoms with Crippen molar-refractivity contribution in [2.45, 2.75) is 31.7 Å². The predicted octanol–water partition coefficient (Wildman–Crippen LogP) is 3.05. The fourth-order valence-corrected chi connectivity index (χ4v) is 2.47. The second-order valence-corrected chi connectivity index (χ2v) is 5.05. The first kappa shape index (κ1) is 11.0. The zero-order valence-corrected chi connectivity index (χ0v) is 10.5. The van der Waals surface area contributed by atoms with Crippen LogP contribution in [0.2, 0.25) is 0 Å². The minimum absolute atomic E-state index is 0.187. The van der Waals surface area contributed by atoms with E-state index in [9.17, 15) is 0 Å². The van der Waals surface area contributed by atoms with Gasteiger partial charge in [-0.25, -0.2) is 0 Å². The van der Waals surface area contributed by atoms with Crippen LogP contribution in [0.1, 0.15) is 31.2 Å². The fraction of sp³-hybridized carbons (Fsp3) is 0.500. The van der Waals surface area contributed by atoms with Gasteiger partial charge in [-0.1, -0.05) is 22.0 Å². The molecule has 2 rings (SSSR count). The largest absolute Gasteiger partial charge is 0.493 e. The molecule has 0 saturated heterocycles. The van der Waals surface area contributed by atoms with E-state index in [0.29, 0.717) is 5.92 Å². The molecule has 0 saturated carbocycles. The van der Waals surface area contributed by atoms with Crippen LogP contribution in [0.5, 0.6) is 5.75 Å². The standard InChI is InChI=1S/C12H16BrNO/c1-8(14)10-3-2-6-15-12-7-9(13)4-5-11(10)12/h4-5,7-8,10H,2-3,6,14H2,1H3. The normalized spacial score (nSPS) is 22.5. The first-order chi connectivity index (χ1) is 7.18. The lowest BCUT2D eigenvalue weighted by Gasteiger charge is -2.20. The number of ether oxygens (including phenoxy) is 1. The van der Waals surface area contributed by atoms with Crippen molar-refractivity contribution in [3.63, 3.8) is 0 Å². The second-order valence-electron chi connectivity index (χ2n) is 4.14. The molecule has 3 heteroatoms. The molecule has 82 valence electrons. The third kappa shape index (κ3) is 2.34. The van der Waals surface area contributed by atoms with Gasteiger partial charge >= 0.3 is 0 Å². The van der Waals surface area contributed by atoms with Crippen molar-refractivity contribution in [3.05, 3.63) is 28.2 Å². The van der Waals surface area contributed by atoms with E-state index >= 15 is 0 Å². The first-order valence-electron chi connectivity index (χ1n) is 5.36. The van der Waals surface area contributed by atoms with Gasteiger partial charge in [0.05, 0.1) is 6.61 Å². The van der Waals surface area contributed by atoms with Crippen LogP contribution >= 0.6 is 15.9 Å². The van der Waals surface area contributed by atoms with E-state index < -0.39 is 0 Å². The molecule has 0 amide bonds. The van der Waals surface area contributed by atoms with Gasteiger partial charge < -0.3 is 10.5 Å². The van der Waals surface area contributed by atoms with Crippen molar-refractivity contribution in [2.24, 2.45) is 5.73 Å². The van der Waals surface area contributed by atoms with E-state index in [-0.39, 0.29) is 6.04 Å². The molecule has 2 unspecified atom stereocenters. The summed E-state index contributed by atoms with van der Waals surface area (Å²) in [6, 6.07) is 6.41. The van der Waals surface area contributed by atoms with Crippen LogP contribution in [0.25, 0.3) is 0 Å². The van der Waals surface area contributed by atoms with Gasteiger partial charge in [0.15, 0.2) is 0 Å². The van der Waals surface area contributed by atoms with Crippen LogP contribution in [0, 0.1) is 0 Å². The summed E-state index contributed by atoms with van der Waals surface area (Å²) in [6.07, 6.45) is 2.20. The second kappa shape index (κ2) is 4.54. The Morgan fingerprint density at radius 1 is 1.53 bits per heavy atom. The molecule has 15 heavy (non-hydrogen) atoms. The van der Waals surface area contributed by atoms with Crippen LogP contribution in [-0.2, 0) is 0 Å².